The Morgan fingerprint density at radius 2 is 2.25 bits per heavy atom. The van der Waals surface area contributed by atoms with Gasteiger partial charge in [-0.05, 0) is 42.8 Å². The maximum Gasteiger partial charge on any atom is 0.291 e. The molecule has 4 heteroatoms. The van der Waals surface area contributed by atoms with Gasteiger partial charge < -0.3 is 14.8 Å². The van der Waals surface area contributed by atoms with Crippen LogP contribution in [0.5, 0.6) is 0 Å². The zero-order valence-electron chi connectivity index (χ0n) is 11.1. The number of rotatable bonds is 3. The van der Waals surface area contributed by atoms with Crippen molar-refractivity contribution in [2.24, 2.45) is 0 Å². The van der Waals surface area contributed by atoms with Crippen LogP contribution in [0.25, 0.3) is 0 Å². The first kappa shape index (κ1) is 13.9. The van der Waals surface area contributed by atoms with Gasteiger partial charge in [0.1, 0.15) is 0 Å². The monoisotopic (exact) mass is 269 g/mol. The van der Waals surface area contributed by atoms with Crippen molar-refractivity contribution in [2.75, 3.05) is 11.9 Å². The quantitative estimate of drug-likeness (QED) is 0.842. The van der Waals surface area contributed by atoms with Crippen LogP contribution >= 0.6 is 0 Å². The van der Waals surface area contributed by atoms with Crippen LogP contribution in [0.1, 0.15) is 28.1 Å². The first-order chi connectivity index (χ1) is 9.69. The number of aliphatic hydroxyl groups is 1. The number of carbonyl (C=O) groups excluding carboxylic acids is 1. The van der Waals surface area contributed by atoms with Crippen molar-refractivity contribution in [3.63, 3.8) is 0 Å². The predicted molar refractivity (Wildman–Crippen MR) is 76.4 cm³/mol. The number of amides is 1. The molecule has 2 N–H and O–H groups in total. The molecule has 1 heterocycles. The van der Waals surface area contributed by atoms with Crippen molar-refractivity contribution in [1.29, 1.82) is 0 Å². The molecule has 20 heavy (non-hydrogen) atoms. The largest absolute Gasteiger partial charge is 0.459 e. The number of benzene rings is 1. The molecule has 0 radical (unpaired) electrons. The zero-order chi connectivity index (χ0) is 14.4. The van der Waals surface area contributed by atoms with E-state index >= 15 is 0 Å². The average molecular weight is 269 g/mol. The molecule has 0 bridgehead atoms. The minimum Gasteiger partial charge on any atom is -0.459 e. The van der Waals surface area contributed by atoms with Crippen molar-refractivity contribution in [1.82, 2.24) is 0 Å². The number of aryl methyl sites for hydroxylation is 1. The summed E-state index contributed by atoms with van der Waals surface area (Å²) in [5.41, 5.74) is 2.46. The van der Waals surface area contributed by atoms with E-state index in [0.29, 0.717) is 12.1 Å². The molecule has 0 aliphatic heterocycles. The molecular weight excluding hydrogens is 254 g/mol. The normalized spacial score (nSPS) is 9.70. The molecule has 2 rings (SSSR count). The lowest BCUT2D eigenvalue weighted by Crippen LogP contribution is -2.11. The first-order valence-electron chi connectivity index (χ1n) is 6.25. The molecule has 0 spiro atoms. The third-order valence-electron chi connectivity index (χ3n) is 2.55. The number of aliphatic hydroxyl groups excluding tert-OH is 1. The minimum absolute atomic E-state index is 0.0426. The van der Waals surface area contributed by atoms with E-state index in [-0.39, 0.29) is 18.3 Å². The summed E-state index contributed by atoms with van der Waals surface area (Å²) in [6.07, 6.45) is 1.89. The number of hydrogen-bond acceptors (Lipinski definition) is 3. The predicted octanol–water partition coefficient (Wildman–Crippen LogP) is 2.57. The minimum atomic E-state index is -0.296. The molecule has 0 saturated carbocycles. The smallest absolute Gasteiger partial charge is 0.291 e. The van der Waals surface area contributed by atoms with Gasteiger partial charge in [0.05, 0.1) is 12.9 Å². The van der Waals surface area contributed by atoms with Gasteiger partial charge in [-0.1, -0.05) is 11.8 Å². The molecule has 1 amide bonds. The Hall–Kier alpha value is -2.51. The zero-order valence-corrected chi connectivity index (χ0v) is 11.1. The van der Waals surface area contributed by atoms with E-state index in [4.69, 9.17) is 9.52 Å². The Kier molecular flexibility index (Phi) is 4.59. The van der Waals surface area contributed by atoms with Crippen LogP contribution in [0.3, 0.4) is 0 Å². The average Bonchev–Trinajstić information content (AvgIpc) is 2.92. The van der Waals surface area contributed by atoms with Gasteiger partial charge in [-0.3, -0.25) is 4.79 Å². The highest BCUT2D eigenvalue weighted by Crippen LogP contribution is 2.15. The van der Waals surface area contributed by atoms with E-state index < -0.39 is 0 Å². The molecular formula is C16H15NO3. The third kappa shape index (κ3) is 3.74. The van der Waals surface area contributed by atoms with Crippen LogP contribution in [0, 0.1) is 18.8 Å². The second-order valence-electron chi connectivity index (χ2n) is 4.29. The number of nitrogens with one attached hydrogen (secondary N) is 1. The summed E-state index contributed by atoms with van der Waals surface area (Å²) in [6, 6.07) is 8.84. The molecule has 0 fully saturated rings. The van der Waals surface area contributed by atoms with Crippen LogP contribution in [-0.2, 0) is 0 Å². The second-order valence-corrected chi connectivity index (χ2v) is 4.29. The van der Waals surface area contributed by atoms with Gasteiger partial charge in [0, 0.05) is 17.7 Å². The summed E-state index contributed by atoms with van der Waals surface area (Å²) in [5.74, 6) is 5.77. The first-order valence-corrected chi connectivity index (χ1v) is 6.25. The summed E-state index contributed by atoms with van der Waals surface area (Å²) in [7, 11) is 0. The highest BCUT2D eigenvalue weighted by molar-refractivity contribution is 6.02. The Morgan fingerprint density at radius 3 is 2.95 bits per heavy atom. The van der Waals surface area contributed by atoms with Gasteiger partial charge in [0.2, 0.25) is 0 Å². The summed E-state index contributed by atoms with van der Waals surface area (Å²) >= 11 is 0. The van der Waals surface area contributed by atoms with E-state index in [1.165, 1.54) is 6.26 Å². The molecule has 102 valence electrons. The second kappa shape index (κ2) is 6.60. The number of carbonyl (C=O) groups is 1. The summed E-state index contributed by atoms with van der Waals surface area (Å²) in [5, 5.41) is 11.5. The van der Waals surface area contributed by atoms with Crippen molar-refractivity contribution >= 4 is 11.6 Å². The highest BCUT2D eigenvalue weighted by Gasteiger charge is 2.09. The van der Waals surface area contributed by atoms with Gasteiger partial charge >= 0.3 is 0 Å². The fourth-order valence-corrected chi connectivity index (χ4v) is 1.75. The van der Waals surface area contributed by atoms with E-state index in [9.17, 15) is 4.79 Å². The van der Waals surface area contributed by atoms with Crippen molar-refractivity contribution in [2.45, 2.75) is 13.3 Å². The fourth-order valence-electron chi connectivity index (χ4n) is 1.75. The summed E-state index contributed by atoms with van der Waals surface area (Å²) in [4.78, 5) is 11.9. The Labute approximate surface area is 117 Å². The molecule has 0 saturated heterocycles. The van der Waals surface area contributed by atoms with Gasteiger partial charge in [0.15, 0.2) is 5.76 Å². The lowest BCUT2D eigenvalue weighted by molar-refractivity contribution is 0.0996. The SMILES string of the molecule is Cc1cc(C#CCCO)cc(NC(=O)c2ccco2)c1. The van der Waals surface area contributed by atoms with E-state index in [1.807, 2.05) is 19.1 Å². The molecule has 0 aliphatic rings. The summed E-state index contributed by atoms with van der Waals surface area (Å²) in [6.45, 7) is 1.97. The maximum atomic E-state index is 11.9. The maximum absolute atomic E-state index is 11.9. The topological polar surface area (TPSA) is 62.5 Å². The van der Waals surface area contributed by atoms with Crippen LogP contribution in [0.2, 0.25) is 0 Å². The third-order valence-corrected chi connectivity index (χ3v) is 2.55. The van der Waals surface area contributed by atoms with Gasteiger partial charge in [-0.2, -0.15) is 0 Å². The van der Waals surface area contributed by atoms with Crippen LogP contribution in [-0.4, -0.2) is 17.6 Å². The molecule has 0 atom stereocenters. The molecule has 1 aromatic carbocycles. The van der Waals surface area contributed by atoms with E-state index in [1.54, 1.807) is 18.2 Å². The standard InChI is InChI=1S/C16H15NO3/c1-12-9-13(5-2-3-7-18)11-14(10-12)17-16(19)15-6-4-8-20-15/h4,6,8-11,18H,3,7H2,1H3,(H,17,19). The van der Waals surface area contributed by atoms with Crippen LogP contribution in [0.15, 0.2) is 41.0 Å². The van der Waals surface area contributed by atoms with Crippen molar-refractivity contribution in [3.8, 4) is 11.8 Å². The van der Waals surface area contributed by atoms with Crippen molar-refractivity contribution in [3.05, 3.63) is 53.5 Å². The fraction of sp³-hybridized carbons (Fsp3) is 0.188. The molecule has 4 nitrogen and oxygen atoms in total. The number of furan rings is 1. The molecule has 1 aromatic heterocycles. The van der Waals surface area contributed by atoms with Gasteiger partial charge in [0.25, 0.3) is 5.91 Å². The lowest BCUT2D eigenvalue weighted by atomic mass is 10.1. The van der Waals surface area contributed by atoms with Gasteiger partial charge in [-0.25, -0.2) is 0 Å². The Balaban J connectivity index is 2.16. The highest BCUT2D eigenvalue weighted by atomic mass is 16.3. The lowest BCUT2D eigenvalue weighted by Gasteiger charge is -2.05. The Morgan fingerprint density at radius 1 is 1.40 bits per heavy atom. The Bertz CT molecular complexity index is 648. The molecule has 0 unspecified atom stereocenters. The number of hydrogen-bond donors (Lipinski definition) is 2. The van der Waals surface area contributed by atoms with E-state index in [2.05, 4.69) is 17.2 Å². The van der Waals surface area contributed by atoms with Gasteiger partial charge in [-0.15, -0.1) is 0 Å². The molecule has 0 aliphatic carbocycles. The molecule has 2 aromatic rings. The van der Waals surface area contributed by atoms with Crippen molar-refractivity contribution < 1.29 is 14.3 Å². The van der Waals surface area contributed by atoms with Crippen LogP contribution in [0.4, 0.5) is 5.69 Å². The number of anilines is 1. The van der Waals surface area contributed by atoms with E-state index in [0.717, 1.165) is 11.1 Å². The van der Waals surface area contributed by atoms with Crippen LogP contribution < -0.4 is 5.32 Å². The summed E-state index contributed by atoms with van der Waals surface area (Å²) < 4.78 is 5.04.